The van der Waals surface area contributed by atoms with E-state index >= 15 is 0 Å². The molecule has 2 atom stereocenters. The number of carbonyl (C=O) groups is 1. The van der Waals surface area contributed by atoms with Crippen molar-refractivity contribution in [2.24, 2.45) is 17.0 Å². The van der Waals surface area contributed by atoms with Gasteiger partial charge in [0, 0.05) is 12.3 Å². The Balaban J connectivity index is 1.79. The minimum Gasteiger partial charge on any atom is -0.481 e. The molecular weight excluding hydrogens is 405 g/mol. The molecule has 1 aromatic carbocycles. The molecular formula is C27H42FNO3. The highest BCUT2D eigenvalue weighted by molar-refractivity contribution is 5.88. The lowest BCUT2D eigenvalue weighted by Crippen LogP contribution is -2.20. The van der Waals surface area contributed by atoms with Gasteiger partial charge in [0.05, 0.1) is 5.71 Å². The van der Waals surface area contributed by atoms with Crippen LogP contribution in [0.5, 0.6) is 0 Å². The first-order valence-corrected chi connectivity index (χ1v) is 12.5. The van der Waals surface area contributed by atoms with Crippen molar-refractivity contribution >= 4 is 11.7 Å². The highest BCUT2D eigenvalue weighted by atomic mass is 19.1. The monoisotopic (exact) mass is 447 g/mol. The maximum Gasteiger partial charge on any atom is 0.303 e. The Morgan fingerprint density at radius 1 is 1.09 bits per heavy atom. The van der Waals surface area contributed by atoms with E-state index in [0.717, 1.165) is 69.8 Å². The molecule has 5 heteroatoms. The zero-order valence-corrected chi connectivity index (χ0v) is 20.2. The van der Waals surface area contributed by atoms with Gasteiger partial charge in [-0.3, -0.25) is 4.79 Å². The first-order valence-electron chi connectivity index (χ1n) is 12.5. The van der Waals surface area contributed by atoms with Gasteiger partial charge in [0.15, 0.2) is 0 Å². The molecule has 180 valence electrons. The summed E-state index contributed by atoms with van der Waals surface area (Å²) >= 11 is 0. The number of oxime groups is 1. The zero-order chi connectivity index (χ0) is 23.4. The second-order valence-corrected chi connectivity index (χ2v) is 10.3. The molecule has 0 spiro atoms. The van der Waals surface area contributed by atoms with Crippen LogP contribution in [0.2, 0.25) is 0 Å². The van der Waals surface area contributed by atoms with Crippen LogP contribution in [0, 0.1) is 17.7 Å². The third-order valence-corrected chi connectivity index (χ3v) is 6.29. The van der Waals surface area contributed by atoms with Crippen LogP contribution >= 0.6 is 0 Å². The molecule has 32 heavy (non-hydrogen) atoms. The third-order valence-electron chi connectivity index (χ3n) is 6.29. The van der Waals surface area contributed by atoms with E-state index in [0.29, 0.717) is 11.8 Å². The Labute approximate surface area is 193 Å². The largest absolute Gasteiger partial charge is 0.481 e. The van der Waals surface area contributed by atoms with Crippen LogP contribution in [0.1, 0.15) is 103 Å². The Hall–Kier alpha value is -1.91. The molecule has 0 radical (unpaired) electrons. The van der Waals surface area contributed by atoms with E-state index < -0.39 is 5.97 Å². The molecule has 0 unspecified atom stereocenters. The molecule has 0 aromatic heterocycles. The van der Waals surface area contributed by atoms with E-state index in [1.807, 2.05) is 26.8 Å². The molecule has 0 aliphatic heterocycles. The SMILES string of the molecule is CC(C)(C)O/N=C1/CC[C@H](CCCCCCC(=O)O)[C@H]1CCCCCc1cccc(F)c1. The fraction of sp³-hybridized carbons (Fsp3) is 0.704. The number of hydrogen-bond donors (Lipinski definition) is 1. The van der Waals surface area contributed by atoms with Crippen molar-refractivity contribution in [2.75, 3.05) is 0 Å². The number of rotatable bonds is 14. The number of aryl methyl sites for hydroxylation is 1. The summed E-state index contributed by atoms with van der Waals surface area (Å²) in [5.74, 6) is 0.294. The van der Waals surface area contributed by atoms with Crippen molar-refractivity contribution < 1.29 is 19.1 Å². The van der Waals surface area contributed by atoms with Gasteiger partial charge in [0.1, 0.15) is 11.4 Å². The van der Waals surface area contributed by atoms with Crippen molar-refractivity contribution in [3.05, 3.63) is 35.6 Å². The molecule has 1 fully saturated rings. The van der Waals surface area contributed by atoms with E-state index in [1.54, 1.807) is 12.1 Å². The predicted octanol–water partition coefficient (Wildman–Crippen LogP) is 7.55. The summed E-state index contributed by atoms with van der Waals surface area (Å²) < 4.78 is 13.3. The summed E-state index contributed by atoms with van der Waals surface area (Å²) in [6.07, 6.45) is 13.2. The van der Waals surface area contributed by atoms with Crippen molar-refractivity contribution in [1.82, 2.24) is 0 Å². The van der Waals surface area contributed by atoms with Crippen molar-refractivity contribution in [3.8, 4) is 0 Å². The molecule has 2 rings (SSSR count). The first-order chi connectivity index (χ1) is 15.2. The number of unbranched alkanes of at least 4 members (excludes halogenated alkanes) is 5. The first kappa shape index (κ1) is 26.3. The van der Waals surface area contributed by atoms with Gasteiger partial charge in [0.25, 0.3) is 0 Å². The van der Waals surface area contributed by atoms with Gasteiger partial charge in [-0.1, -0.05) is 49.4 Å². The maximum atomic E-state index is 13.3. The minimum absolute atomic E-state index is 0.154. The fourth-order valence-corrected chi connectivity index (χ4v) is 4.65. The summed E-state index contributed by atoms with van der Waals surface area (Å²) in [6.45, 7) is 6.09. The summed E-state index contributed by atoms with van der Waals surface area (Å²) in [5, 5.41) is 13.3. The van der Waals surface area contributed by atoms with Gasteiger partial charge in [0.2, 0.25) is 0 Å². The number of aliphatic carboxylic acids is 1. The summed E-state index contributed by atoms with van der Waals surface area (Å²) in [4.78, 5) is 16.4. The smallest absolute Gasteiger partial charge is 0.303 e. The number of hydrogen-bond acceptors (Lipinski definition) is 3. The van der Waals surface area contributed by atoms with Crippen molar-refractivity contribution in [1.29, 1.82) is 0 Å². The summed E-state index contributed by atoms with van der Waals surface area (Å²) in [7, 11) is 0. The van der Waals surface area contributed by atoms with Crippen LogP contribution < -0.4 is 0 Å². The molecule has 1 aliphatic carbocycles. The van der Waals surface area contributed by atoms with Gasteiger partial charge >= 0.3 is 5.97 Å². The fourth-order valence-electron chi connectivity index (χ4n) is 4.65. The van der Waals surface area contributed by atoms with Gasteiger partial charge in [-0.05, 0) is 89.3 Å². The molecule has 1 aromatic rings. The number of carboxylic acids is 1. The molecule has 4 nitrogen and oxygen atoms in total. The normalized spacial score (nSPS) is 20.1. The molecule has 0 heterocycles. The maximum absolute atomic E-state index is 13.3. The van der Waals surface area contributed by atoms with E-state index in [1.165, 1.54) is 24.6 Å². The van der Waals surface area contributed by atoms with Gasteiger partial charge in [-0.15, -0.1) is 0 Å². The van der Waals surface area contributed by atoms with Crippen LogP contribution in [0.3, 0.4) is 0 Å². The second kappa shape index (κ2) is 13.6. The van der Waals surface area contributed by atoms with Crippen molar-refractivity contribution in [3.63, 3.8) is 0 Å². The van der Waals surface area contributed by atoms with Crippen LogP contribution in [0.25, 0.3) is 0 Å². The van der Waals surface area contributed by atoms with E-state index in [-0.39, 0.29) is 17.8 Å². The average Bonchev–Trinajstić information content (AvgIpc) is 3.10. The standard InChI is InChI=1S/C27H42FNO3/c1-27(2,3)32-29-25-19-18-22(14-8-4-5-10-17-26(30)31)24(25)16-9-6-7-12-21-13-11-15-23(28)20-21/h11,13,15,20,22,24H,4-10,12,14,16-19H2,1-3H3,(H,30,31)/b29-25-/t22-,24+/m0/s1. The van der Waals surface area contributed by atoms with Gasteiger partial charge in [-0.25, -0.2) is 4.39 Å². The topological polar surface area (TPSA) is 58.9 Å². The lowest BCUT2D eigenvalue weighted by molar-refractivity contribution is -0.137. The van der Waals surface area contributed by atoms with Crippen LogP contribution in [-0.2, 0) is 16.1 Å². The van der Waals surface area contributed by atoms with Gasteiger partial charge < -0.3 is 9.94 Å². The third kappa shape index (κ3) is 10.6. The van der Waals surface area contributed by atoms with E-state index in [4.69, 9.17) is 9.94 Å². The zero-order valence-electron chi connectivity index (χ0n) is 20.2. The van der Waals surface area contributed by atoms with Gasteiger partial charge in [-0.2, -0.15) is 0 Å². The average molecular weight is 448 g/mol. The minimum atomic E-state index is -0.696. The Morgan fingerprint density at radius 2 is 1.81 bits per heavy atom. The highest BCUT2D eigenvalue weighted by Crippen LogP contribution is 2.37. The number of halogens is 1. The lowest BCUT2D eigenvalue weighted by Gasteiger charge is -2.22. The number of benzene rings is 1. The molecule has 1 aliphatic rings. The van der Waals surface area contributed by atoms with Crippen LogP contribution in [-0.4, -0.2) is 22.4 Å². The quantitative estimate of drug-likeness (QED) is 0.236. The molecule has 1 N–H and O–H groups in total. The van der Waals surface area contributed by atoms with Crippen LogP contribution in [0.4, 0.5) is 4.39 Å². The van der Waals surface area contributed by atoms with Crippen LogP contribution in [0.15, 0.2) is 29.4 Å². The highest BCUT2D eigenvalue weighted by Gasteiger charge is 2.33. The lowest BCUT2D eigenvalue weighted by atomic mass is 9.86. The molecule has 0 saturated heterocycles. The molecule has 1 saturated carbocycles. The Morgan fingerprint density at radius 3 is 2.53 bits per heavy atom. The van der Waals surface area contributed by atoms with E-state index in [9.17, 15) is 9.18 Å². The number of nitrogens with zero attached hydrogens (tertiary/aromatic N) is 1. The second-order valence-electron chi connectivity index (χ2n) is 10.3. The summed E-state index contributed by atoms with van der Waals surface area (Å²) in [5.41, 5.74) is 2.03. The van der Waals surface area contributed by atoms with E-state index in [2.05, 4.69) is 5.16 Å². The number of carboxylic acid groups (broad SMARTS) is 1. The molecule has 0 amide bonds. The molecule has 0 bridgehead atoms. The predicted molar refractivity (Wildman–Crippen MR) is 128 cm³/mol. The Kier molecular flexibility index (Phi) is 11.2. The van der Waals surface area contributed by atoms with Crippen molar-refractivity contribution in [2.45, 2.75) is 110 Å². The summed E-state index contributed by atoms with van der Waals surface area (Å²) in [6, 6.07) is 6.92. The Bertz CT molecular complexity index is 726.